The second-order valence-electron chi connectivity index (χ2n) is 6.03. The standard InChI is InChI=1S/C14H25N3O4/c1-14(2,7-6-12(19)20)16-13(21)15-10-11(18)17-8-4-3-5-9-17/h3-10H2,1-2H3,(H,19,20)(H2,15,16,21). The van der Waals surface area contributed by atoms with Gasteiger partial charge in [0.2, 0.25) is 5.91 Å². The summed E-state index contributed by atoms with van der Waals surface area (Å²) in [6.45, 7) is 4.99. The summed E-state index contributed by atoms with van der Waals surface area (Å²) >= 11 is 0. The number of urea groups is 1. The van der Waals surface area contributed by atoms with Crippen LogP contribution in [0.3, 0.4) is 0 Å². The molecule has 0 atom stereocenters. The van der Waals surface area contributed by atoms with E-state index in [1.807, 2.05) is 0 Å². The molecule has 120 valence electrons. The summed E-state index contributed by atoms with van der Waals surface area (Å²) in [4.78, 5) is 35.9. The number of aliphatic carboxylic acids is 1. The lowest BCUT2D eigenvalue weighted by Gasteiger charge is -2.28. The van der Waals surface area contributed by atoms with Crippen LogP contribution in [0.1, 0.15) is 46.0 Å². The minimum Gasteiger partial charge on any atom is -0.481 e. The summed E-state index contributed by atoms with van der Waals surface area (Å²) in [7, 11) is 0. The Bertz CT molecular complexity index is 390. The number of amides is 3. The predicted octanol–water partition coefficient (Wildman–Crippen LogP) is 0.941. The molecule has 1 aliphatic heterocycles. The summed E-state index contributed by atoms with van der Waals surface area (Å²) in [5.41, 5.74) is -0.628. The van der Waals surface area contributed by atoms with Gasteiger partial charge in [-0.25, -0.2) is 4.79 Å². The Balaban J connectivity index is 2.29. The average Bonchev–Trinajstić information content (AvgIpc) is 2.43. The molecule has 7 nitrogen and oxygen atoms in total. The summed E-state index contributed by atoms with van der Waals surface area (Å²) in [6.07, 6.45) is 3.49. The topological polar surface area (TPSA) is 98.7 Å². The molecule has 1 rings (SSSR count). The fraction of sp³-hybridized carbons (Fsp3) is 0.786. The number of hydrogen-bond acceptors (Lipinski definition) is 3. The minimum atomic E-state index is -0.898. The summed E-state index contributed by atoms with van der Waals surface area (Å²) in [5, 5.41) is 13.9. The molecule has 0 aromatic heterocycles. The Kier molecular flexibility index (Phi) is 6.45. The second-order valence-corrected chi connectivity index (χ2v) is 6.03. The SMILES string of the molecule is CC(C)(CCC(=O)O)NC(=O)NCC(=O)N1CCCCC1. The first-order chi connectivity index (χ1) is 9.80. The van der Waals surface area contributed by atoms with E-state index in [9.17, 15) is 14.4 Å². The highest BCUT2D eigenvalue weighted by Gasteiger charge is 2.22. The van der Waals surface area contributed by atoms with Crippen LogP contribution in [0.25, 0.3) is 0 Å². The van der Waals surface area contributed by atoms with Gasteiger partial charge in [0, 0.05) is 25.0 Å². The first-order valence-corrected chi connectivity index (χ1v) is 7.36. The number of rotatable bonds is 6. The summed E-state index contributed by atoms with van der Waals surface area (Å²) < 4.78 is 0. The van der Waals surface area contributed by atoms with Crippen molar-refractivity contribution in [3.8, 4) is 0 Å². The van der Waals surface area contributed by atoms with Crippen molar-refractivity contribution in [2.45, 2.75) is 51.5 Å². The van der Waals surface area contributed by atoms with Gasteiger partial charge >= 0.3 is 12.0 Å². The molecule has 0 radical (unpaired) electrons. The van der Waals surface area contributed by atoms with E-state index in [1.165, 1.54) is 0 Å². The van der Waals surface area contributed by atoms with Crippen LogP contribution in [0.2, 0.25) is 0 Å². The molecule has 0 aromatic carbocycles. The number of carbonyl (C=O) groups excluding carboxylic acids is 2. The lowest BCUT2D eigenvalue weighted by molar-refractivity contribution is -0.137. The van der Waals surface area contributed by atoms with E-state index in [0.29, 0.717) is 6.42 Å². The van der Waals surface area contributed by atoms with E-state index in [1.54, 1.807) is 18.7 Å². The van der Waals surface area contributed by atoms with E-state index in [0.717, 1.165) is 32.4 Å². The number of hydrogen-bond donors (Lipinski definition) is 3. The largest absolute Gasteiger partial charge is 0.481 e. The van der Waals surface area contributed by atoms with Gasteiger partial charge in [0.1, 0.15) is 0 Å². The fourth-order valence-electron chi connectivity index (χ4n) is 2.24. The van der Waals surface area contributed by atoms with Gasteiger partial charge in [-0.1, -0.05) is 0 Å². The molecular formula is C14H25N3O4. The van der Waals surface area contributed by atoms with Gasteiger partial charge in [0.25, 0.3) is 0 Å². The van der Waals surface area contributed by atoms with Crippen LogP contribution in [-0.2, 0) is 9.59 Å². The molecule has 3 N–H and O–H groups in total. The molecule has 1 saturated heterocycles. The highest BCUT2D eigenvalue weighted by molar-refractivity contribution is 5.84. The molecule has 1 fully saturated rings. The third-order valence-electron chi connectivity index (χ3n) is 3.52. The van der Waals surface area contributed by atoms with Gasteiger partial charge in [0.05, 0.1) is 6.54 Å². The zero-order valence-corrected chi connectivity index (χ0v) is 12.8. The molecule has 0 aliphatic carbocycles. The summed E-state index contributed by atoms with van der Waals surface area (Å²) in [6, 6.07) is -0.448. The Morgan fingerprint density at radius 2 is 1.76 bits per heavy atom. The molecule has 1 heterocycles. The van der Waals surface area contributed by atoms with Crippen LogP contribution >= 0.6 is 0 Å². The van der Waals surface area contributed by atoms with Crippen molar-refractivity contribution in [2.75, 3.05) is 19.6 Å². The minimum absolute atomic E-state index is 0.0139. The smallest absolute Gasteiger partial charge is 0.315 e. The first kappa shape index (κ1) is 17.3. The van der Waals surface area contributed by atoms with Crippen LogP contribution in [0.15, 0.2) is 0 Å². The lowest BCUT2D eigenvalue weighted by atomic mass is 9.99. The number of piperidine rings is 1. The second kappa shape index (κ2) is 7.85. The van der Waals surface area contributed by atoms with Crippen molar-refractivity contribution in [3.63, 3.8) is 0 Å². The number of carboxylic acid groups (broad SMARTS) is 1. The molecule has 1 aliphatic rings. The van der Waals surface area contributed by atoms with E-state index in [4.69, 9.17) is 5.11 Å². The van der Waals surface area contributed by atoms with Crippen molar-refractivity contribution in [1.82, 2.24) is 15.5 Å². The van der Waals surface area contributed by atoms with Crippen LogP contribution in [0, 0.1) is 0 Å². The van der Waals surface area contributed by atoms with Crippen LogP contribution in [-0.4, -0.2) is 53.1 Å². The molecule has 0 saturated carbocycles. The number of carboxylic acids is 1. The van der Waals surface area contributed by atoms with Gasteiger partial charge in [-0.05, 0) is 39.5 Å². The molecule has 0 bridgehead atoms. The maximum atomic E-state index is 11.9. The van der Waals surface area contributed by atoms with E-state index in [2.05, 4.69) is 10.6 Å². The van der Waals surface area contributed by atoms with Crippen molar-refractivity contribution in [3.05, 3.63) is 0 Å². The van der Waals surface area contributed by atoms with E-state index >= 15 is 0 Å². The van der Waals surface area contributed by atoms with Crippen molar-refractivity contribution in [2.24, 2.45) is 0 Å². The Morgan fingerprint density at radius 1 is 1.14 bits per heavy atom. The third kappa shape index (κ3) is 6.97. The molecule has 0 aromatic rings. The lowest BCUT2D eigenvalue weighted by Crippen LogP contribution is -2.51. The zero-order valence-electron chi connectivity index (χ0n) is 12.8. The van der Waals surface area contributed by atoms with Gasteiger partial charge in [-0.2, -0.15) is 0 Å². The van der Waals surface area contributed by atoms with Crippen LogP contribution < -0.4 is 10.6 Å². The van der Waals surface area contributed by atoms with Crippen molar-refractivity contribution < 1.29 is 19.5 Å². The van der Waals surface area contributed by atoms with Gasteiger partial charge < -0.3 is 20.6 Å². The quantitative estimate of drug-likeness (QED) is 0.679. The number of nitrogens with zero attached hydrogens (tertiary/aromatic N) is 1. The molecule has 21 heavy (non-hydrogen) atoms. The number of likely N-dealkylation sites (tertiary alicyclic amines) is 1. The monoisotopic (exact) mass is 299 g/mol. The first-order valence-electron chi connectivity index (χ1n) is 7.36. The third-order valence-corrected chi connectivity index (χ3v) is 3.52. The normalized spacial score (nSPS) is 15.4. The van der Waals surface area contributed by atoms with Gasteiger partial charge in [-0.15, -0.1) is 0 Å². The predicted molar refractivity (Wildman–Crippen MR) is 77.9 cm³/mol. The molecule has 0 unspecified atom stereocenters. The maximum absolute atomic E-state index is 11.9. The average molecular weight is 299 g/mol. The molecular weight excluding hydrogens is 274 g/mol. The zero-order chi connectivity index (χ0) is 15.9. The number of nitrogens with one attached hydrogen (secondary N) is 2. The Morgan fingerprint density at radius 3 is 2.33 bits per heavy atom. The van der Waals surface area contributed by atoms with Gasteiger partial charge in [0.15, 0.2) is 0 Å². The Hall–Kier alpha value is -1.79. The van der Waals surface area contributed by atoms with E-state index < -0.39 is 17.5 Å². The fourth-order valence-corrected chi connectivity index (χ4v) is 2.24. The molecule has 0 spiro atoms. The number of carbonyl (C=O) groups is 3. The molecule has 3 amide bonds. The van der Waals surface area contributed by atoms with Crippen molar-refractivity contribution >= 4 is 17.9 Å². The van der Waals surface area contributed by atoms with Crippen LogP contribution in [0.4, 0.5) is 4.79 Å². The maximum Gasteiger partial charge on any atom is 0.315 e. The van der Waals surface area contributed by atoms with Crippen LogP contribution in [0.5, 0.6) is 0 Å². The van der Waals surface area contributed by atoms with Crippen molar-refractivity contribution in [1.29, 1.82) is 0 Å². The highest BCUT2D eigenvalue weighted by Crippen LogP contribution is 2.11. The highest BCUT2D eigenvalue weighted by atomic mass is 16.4. The Labute approximate surface area is 125 Å². The molecule has 7 heteroatoms. The van der Waals surface area contributed by atoms with Gasteiger partial charge in [-0.3, -0.25) is 9.59 Å². The van der Waals surface area contributed by atoms with E-state index in [-0.39, 0.29) is 18.9 Å². The summed E-state index contributed by atoms with van der Waals surface area (Å²) in [5.74, 6) is -0.973.